The van der Waals surface area contributed by atoms with Gasteiger partial charge >= 0.3 is 23.9 Å². The van der Waals surface area contributed by atoms with Gasteiger partial charge < -0.3 is 18.9 Å². The third-order valence-electron chi connectivity index (χ3n) is 8.33. The van der Waals surface area contributed by atoms with E-state index in [9.17, 15) is 19.2 Å². The summed E-state index contributed by atoms with van der Waals surface area (Å²) in [6, 6.07) is 0. The fourth-order valence-corrected chi connectivity index (χ4v) is 8.24. The smallest absolute Gasteiger partial charge is 0.309 e. The van der Waals surface area contributed by atoms with Gasteiger partial charge in [0.15, 0.2) is 0 Å². The second-order valence-electron chi connectivity index (χ2n) is 8.56. The molecule has 6 saturated carbocycles. The van der Waals surface area contributed by atoms with Crippen LogP contribution in [-0.2, 0) is 38.1 Å². The van der Waals surface area contributed by atoms with Crippen LogP contribution < -0.4 is 0 Å². The first-order valence-corrected chi connectivity index (χ1v) is 9.28. The van der Waals surface area contributed by atoms with E-state index in [1.165, 1.54) is 28.1 Å². The van der Waals surface area contributed by atoms with E-state index in [1.54, 1.807) is 0 Å². The standard InChI is InChI=1S/C19H22O8/c1-6(20)26-5-18-12-10-8(16(22)24-3)9(17(23)25-4)11-14(12)19(18,27-7(2)21)15(11)13(10)18/h8-15H,5H2,1-4H3/t8-,9+,10?,11?,12+,13+,14+,15+,18?,19?/m0/s1. The number of carbonyl (C=O) groups is 4. The highest BCUT2D eigenvalue weighted by molar-refractivity contribution is 5.86. The summed E-state index contributed by atoms with van der Waals surface area (Å²) in [5.74, 6) is -2.50. The Morgan fingerprint density at radius 3 is 1.67 bits per heavy atom. The molecule has 0 aromatic rings. The Bertz CT molecular complexity index is 767. The minimum absolute atomic E-state index is 0.0157. The van der Waals surface area contributed by atoms with Crippen LogP contribution in [0.4, 0.5) is 0 Å². The minimum atomic E-state index is -0.655. The number of esters is 4. The average Bonchev–Trinajstić information content (AvgIpc) is 2.63. The van der Waals surface area contributed by atoms with Crippen LogP contribution in [0.25, 0.3) is 0 Å². The normalized spacial score (nSPS) is 51.3. The zero-order valence-corrected chi connectivity index (χ0v) is 15.6. The average molecular weight is 378 g/mol. The van der Waals surface area contributed by atoms with Crippen molar-refractivity contribution in [1.29, 1.82) is 0 Å². The van der Waals surface area contributed by atoms with Gasteiger partial charge in [-0.3, -0.25) is 19.2 Å². The Balaban J connectivity index is 1.53. The van der Waals surface area contributed by atoms with Gasteiger partial charge in [-0.05, 0) is 23.7 Å². The molecule has 6 aliphatic carbocycles. The van der Waals surface area contributed by atoms with E-state index in [0.29, 0.717) is 0 Å². The molecule has 0 aliphatic heterocycles. The molecule has 6 fully saturated rings. The quantitative estimate of drug-likeness (QED) is 0.493. The maximum atomic E-state index is 12.5. The Morgan fingerprint density at radius 1 is 0.778 bits per heavy atom. The first-order valence-electron chi connectivity index (χ1n) is 9.28. The summed E-state index contributed by atoms with van der Waals surface area (Å²) in [6.07, 6.45) is 0. The molecule has 0 heterocycles. The van der Waals surface area contributed by atoms with Gasteiger partial charge in [0, 0.05) is 25.7 Å². The summed E-state index contributed by atoms with van der Waals surface area (Å²) >= 11 is 0. The molecule has 8 nitrogen and oxygen atoms in total. The Hall–Kier alpha value is -2.12. The van der Waals surface area contributed by atoms with Crippen molar-refractivity contribution in [1.82, 2.24) is 0 Å². The lowest BCUT2D eigenvalue weighted by Crippen LogP contribution is -3.08. The third-order valence-corrected chi connectivity index (χ3v) is 8.33. The molecule has 6 atom stereocenters. The van der Waals surface area contributed by atoms with Crippen LogP contribution in [-0.4, -0.2) is 50.3 Å². The van der Waals surface area contributed by atoms with Crippen molar-refractivity contribution in [2.24, 2.45) is 52.8 Å². The van der Waals surface area contributed by atoms with Crippen molar-refractivity contribution in [3.05, 3.63) is 0 Å². The summed E-state index contributed by atoms with van der Waals surface area (Å²) in [4.78, 5) is 48.2. The molecule has 0 amide bonds. The number of ether oxygens (including phenoxy) is 4. The van der Waals surface area contributed by atoms with E-state index >= 15 is 0 Å². The first kappa shape index (κ1) is 17.0. The molecule has 0 spiro atoms. The van der Waals surface area contributed by atoms with Crippen LogP contribution in [0.2, 0.25) is 0 Å². The lowest BCUT2D eigenvalue weighted by atomic mass is 9.02. The molecule has 0 N–H and O–H groups in total. The Morgan fingerprint density at radius 2 is 1.26 bits per heavy atom. The lowest BCUT2D eigenvalue weighted by Gasteiger charge is -3.01. The molecule has 0 radical (unpaired) electrons. The van der Waals surface area contributed by atoms with Gasteiger partial charge in [-0.15, -0.1) is 0 Å². The predicted molar refractivity (Wildman–Crippen MR) is 85.5 cm³/mol. The predicted octanol–water partition coefficient (Wildman–Crippen LogP) is 0.181. The molecule has 0 saturated heterocycles. The van der Waals surface area contributed by atoms with Gasteiger partial charge in [-0.25, -0.2) is 0 Å². The number of methoxy groups -OCH3 is 2. The molecule has 0 unspecified atom stereocenters. The molecule has 146 valence electrons. The van der Waals surface area contributed by atoms with E-state index in [-0.39, 0.29) is 54.1 Å². The van der Waals surface area contributed by atoms with Gasteiger partial charge in [-0.1, -0.05) is 0 Å². The van der Waals surface area contributed by atoms with Crippen LogP contribution >= 0.6 is 0 Å². The van der Waals surface area contributed by atoms with Gasteiger partial charge in [-0.2, -0.15) is 0 Å². The van der Waals surface area contributed by atoms with Crippen molar-refractivity contribution in [3.63, 3.8) is 0 Å². The fourth-order valence-electron chi connectivity index (χ4n) is 8.24. The summed E-state index contributed by atoms with van der Waals surface area (Å²) in [5, 5.41) is 0. The molecular formula is C19H22O8. The highest BCUT2D eigenvalue weighted by atomic mass is 16.6. The SMILES string of the molecule is COC(=O)[C@@H]1C2[C@@H]3[C@H]4C([C@@H]5[C@@H]2C3(COC(C)=O)C45OC(C)=O)[C@@H]1C(=O)OC. The van der Waals surface area contributed by atoms with Gasteiger partial charge in [0.1, 0.15) is 12.2 Å². The van der Waals surface area contributed by atoms with Crippen molar-refractivity contribution < 1.29 is 38.1 Å². The van der Waals surface area contributed by atoms with Crippen molar-refractivity contribution >= 4 is 23.9 Å². The van der Waals surface area contributed by atoms with E-state index in [2.05, 4.69) is 0 Å². The Kier molecular flexibility index (Phi) is 3.04. The highest BCUT2D eigenvalue weighted by Gasteiger charge is 3.07. The number of hydrogen-bond acceptors (Lipinski definition) is 8. The van der Waals surface area contributed by atoms with Crippen LogP contribution in [0, 0.1) is 52.8 Å². The molecule has 6 rings (SSSR count). The third kappa shape index (κ3) is 1.42. The molecular weight excluding hydrogens is 356 g/mol. The maximum absolute atomic E-state index is 12.5. The molecule has 0 aromatic carbocycles. The summed E-state index contributed by atoms with van der Waals surface area (Å²) in [6.45, 7) is 2.92. The van der Waals surface area contributed by atoms with Gasteiger partial charge in [0.2, 0.25) is 0 Å². The number of carbonyl (C=O) groups excluding carboxylic acids is 4. The highest BCUT2D eigenvalue weighted by Crippen LogP contribution is 3.00. The number of rotatable bonds is 5. The molecule has 2 bridgehead atoms. The largest absolute Gasteiger partial charge is 0.469 e. The minimum Gasteiger partial charge on any atom is -0.469 e. The lowest BCUT2D eigenvalue weighted by molar-refractivity contribution is -0.592. The summed E-state index contributed by atoms with van der Waals surface area (Å²) < 4.78 is 21.1. The zero-order valence-electron chi connectivity index (χ0n) is 15.6. The van der Waals surface area contributed by atoms with Crippen molar-refractivity contribution in [2.45, 2.75) is 19.4 Å². The van der Waals surface area contributed by atoms with Crippen LogP contribution in [0.3, 0.4) is 0 Å². The molecule has 8 heteroatoms. The fraction of sp³-hybridized carbons (Fsp3) is 0.789. The number of fused-ring (bicyclic) bond motifs is 1. The van der Waals surface area contributed by atoms with E-state index in [0.717, 1.165) is 0 Å². The van der Waals surface area contributed by atoms with Crippen LogP contribution in [0.1, 0.15) is 13.8 Å². The molecule has 0 aromatic heterocycles. The monoisotopic (exact) mass is 378 g/mol. The second kappa shape index (κ2) is 4.83. The van der Waals surface area contributed by atoms with Crippen molar-refractivity contribution in [3.8, 4) is 0 Å². The van der Waals surface area contributed by atoms with E-state index in [1.807, 2.05) is 0 Å². The maximum Gasteiger partial charge on any atom is 0.309 e. The van der Waals surface area contributed by atoms with E-state index < -0.39 is 34.8 Å². The zero-order chi connectivity index (χ0) is 19.5. The van der Waals surface area contributed by atoms with Crippen LogP contribution in [0.15, 0.2) is 0 Å². The number of hydrogen-bond donors (Lipinski definition) is 0. The first-order chi connectivity index (χ1) is 12.8. The Labute approximate surface area is 155 Å². The van der Waals surface area contributed by atoms with Gasteiger partial charge in [0.05, 0.1) is 31.5 Å². The van der Waals surface area contributed by atoms with E-state index in [4.69, 9.17) is 18.9 Å². The van der Waals surface area contributed by atoms with Crippen molar-refractivity contribution in [2.75, 3.05) is 20.8 Å². The second-order valence-corrected chi connectivity index (χ2v) is 8.56. The molecule has 6 aliphatic rings. The summed E-state index contributed by atoms with van der Waals surface area (Å²) in [7, 11) is 2.65. The topological polar surface area (TPSA) is 105 Å². The van der Waals surface area contributed by atoms with Gasteiger partial charge in [0.25, 0.3) is 0 Å². The van der Waals surface area contributed by atoms with Crippen LogP contribution in [0.5, 0.6) is 0 Å². The summed E-state index contributed by atoms with van der Waals surface area (Å²) in [5.41, 5.74) is -1.06. The molecule has 27 heavy (non-hydrogen) atoms.